The lowest BCUT2D eigenvalue weighted by molar-refractivity contribution is -0.248. The van der Waals surface area contributed by atoms with Gasteiger partial charge >= 0.3 is 0 Å². The maximum Gasteiger partial charge on any atom is 0.202 e. The van der Waals surface area contributed by atoms with Gasteiger partial charge in [-0.3, -0.25) is 19.3 Å². The van der Waals surface area contributed by atoms with Crippen molar-refractivity contribution >= 4 is 17.3 Å². The molecular formula is C36H43NO12. The lowest BCUT2D eigenvalue weighted by Gasteiger charge is -2.43. The second kappa shape index (κ2) is 12.7. The van der Waals surface area contributed by atoms with Crippen molar-refractivity contribution in [3.05, 3.63) is 51.6 Å². The quantitative estimate of drug-likeness (QED) is 0.297. The molecule has 0 spiro atoms. The average Bonchev–Trinajstić information content (AvgIpc) is 3.46. The third-order valence-electron chi connectivity index (χ3n) is 10.7. The summed E-state index contributed by atoms with van der Waals surface area (Å²) in [5, 5.41) is 35.6. The van der Waals surface area contributed by atoms with Crippen molar-refractivity contribution in [2.24, 2.45) is 0 Å². The van der Waals surface area contributed by atoms with E-state index in [1.54, 1.807) is 27.0 Å². The van der Waals surface area contributed by atoms with Crippen molar-refractivity contribution in [1.29, 1.82) is 0 Å². The van der Waals surface area contributed by atoms with E-state index in [4.69, 9.17) is 28.4 Å². The first-order valence-corrected chi connectivity index (χ1v) is 16.9. The standard InChI is InChI=1S/C36H43NO12/c1-16(2)46-15-24(38)36(43)13-19-27(33(42)29-28(31(19)40)30(39)18-8-6-9-21(44-4)26(18)32(29)41)23(14-36)48-25-12-20-34(17(3)47-25)49-35-22(45-5)10-7-11-37(20)35/h6,8-9,16-17,20,22-23,25,34-35,40,42-43H,7,10-15H2,1-5H3/t17-,20?,22-,23-,25-,34+,35+,36-/m0/s1. The lowest BCUT2D eigenvalue weighted by atomic mass is 9.72. The minimum absolute atomic E-state index is 0.00330. The second-order valence-corrected chi connectivity index (χ2v) is 13.9. The Morgan fingerprint density at radius 1 is 1.08 bits per heavy atom. The number of methoxy groups -OCH3 is 2. The highest BCUT2D eigenvalue weighted by atomic mass is 16.7. The number of rotatable bonds is 8. The molecule has 3 heterocycles. The van der Waals surface area contributed by atoms with Crippen molar-refractivity contribution in [1.82, 2.24) is 4.90 Å². The molecule has 1 unspecified atom stereocenters. The molecule has 0 bridgehead atoms. The number of Topliss-reactive ketones (excluding diaryl/α,β-unsaturated/α-hetero) is 1. The molecule has 49 heavy (non-hydrogen) atoms. The van der Waals surface area contributed by atoms with Crippen LogP contribution in [0.5, 0.6) is 17.2 Å². The Morgan fingerprint density at radius 3 is 2.55 bits per heavy atom. The molecule has 8 atom stereocenters. The van der Waals surface area contributed by atoms with Crippen LogP contribution in [0.25, 0.3) is 0 Å². The summed E-state index contributed by atoms with van der Waals surface area (Å²) in [6.07, 6.45) is -1.94. The number of aromatic hydroxyl groups is 2. The number of hydrogen-bond acceptors (Lipinski definition) is 13. The zero-order chi connectivity index (χ0) is 34.9. The molecule has 0 radical (unpaired) electrons. The summed E-state index contributed by atoms with van der Waals surface area (Å²) in [6.45, 7) is 5.81. The number of phenolic OH excluding ortho intramolecular Hbond substituents is 2. The van der Waals surface area contributed by atoms with Gasteiger partial charge in [-0.05, 0) is 39.7 Å². The van der Waals surface area contributed by atoms with Gasteiger partial charge in [0.1, 0.15) is 41.8 Å². The Balaban J connectivity index is 1.29. The largest absolute Gasteiger partial charge is 0.507 e. The molecule has 13 heteroatoms. The Bertz CT molecular complexity index is 1690. The smallest absolute Gasteiger partial charge is 0.202 e. The van der Waals surface area contributed by atoms with Crippen LogP contribution in [0.3, 0.4) is 0 Å². The SMILES string of the molecule is COc1cccc2c1C(=O)c1c(O)c3c(c(O)c1C2=O)C[C@@](O)(C(=O)COC(C)C)C[C@@H]3O[C@H]1CC2[C@H](O[C@@H]3[C@@H](OC)CCCN23)[C@H](C)O1. The highest BCUT2D eigenvalue weighted by molar-refractivity contribution is 6.31. The van der Waals surface area contributed by atoms with Crippen molar-refractivity contribution in [2.45, 2.75) is 108 Å². The summed E-state index contributed by atoms with van der Waals surface area (Å²) < 4.78 is 35.9. The molecule has 7 rings (SSSR count). The molecule has 5 aliphatic rings. The third-order valence-corrected chi connectivity index (χ3v) is 10.7. The van der Waals surface area contributed by atoms with Gasteiger partial charge in [0.25, 0.3) is 0 Å². The number of ether oxygens (including phenoxy) is 6. The summed E-state index contributed by atoms with van der Waals surface area (Å²) >= 11 is 0. The van der Waals surface area contributed by atoms with Gasteiger partial charge in [-0.15, -0.1) is 0 Å². The lowest BCUT2D eigenvalue weighted by Crippen LogP contribution is -2.54. The summed E-state index contributed by atoms with van der Waals surface area (Å²) in [6, 6.07) is 4.44. The first kappa shape index (κ1) is 34.0. The fraction of sp³-hybridized carbons (Fsp3) is 0.583. The van der Waals surface area contributed by atoms with Crippen molar-refractivity contribution < 1.29 is 58.1 Å². The Morgan fingerprint density at radius 2 is 1.84 bits per heavy atom. The molecule has 2 aromatic rings. The van der Waals surface area contributed by atoms with Gasteiger partial charge in [0.2, 0.25) is 5.78 Å². The molecule has 2 aromatic carbocycles. The van der Waals surface area contributed by atoms with E-state index in [1.165, 1.54) is 19.2 Å². The van der Waals surface area contributed by atoms with Crippen LogP contribution in [0.4, 0.5) is 0 Å². The number of fused-ring (bicyclic) bond motifs is 6. The molecule has 0 aromatic heterocycles. The maximum atomic E-state index is 14.0. The predicted octanol–water partition coefficient (Wildman–Crippen LogP) is 2.95. The average molecular weight is 682 g/mol. The van der Waals surface area contributed by atoms with Crippen molar-refractivity contribution in [3.8, 4) is 17.2 Å². The molecule has 264 valence electrons. The number of ketones is 3. The van der Waals surface area contributed by atoms with Crippen LogP contribution in [0.1, 0.15) is 95.5 Å². The van der Waals surface area contributed by atoms with Gasteiger partial charge in [-0.25, -0.2) is 0 Å². The van der Waals surface area contributed by atoms with Gasteiger partial charge < -0.3 is 43.7 Å². The van der Waals surface area contributed by atoms with E-state index in [9.17, 15) is 29.7 Å². The Hall–Kier alpha value is -3.43. The van der Waals surface area contributed by atoms with Crippen LogP contribution >= 0.6 is 0 Å². The fourth-order valence-electron chi connectivity index (χ4n) is 8.31. The number of piperidine rings is 1. The van der Waals surface area contributed by atoms with Crippen molar-refractivity contribution in [2.75, 3.05) is 27.4 Å². The summed E-state index contributed by atoms with van der Waals surface area (Å²) in [5.41, 5.74) is -3.00. The molecule has 3 aliphatic heterocycles. The summed E-state index contributed by atoms with van der Waals surface area (Å²) in [5.74, 6) is -3.11. The second-order valence-electron chi connectivity index (χ2n) is 13.9. The molecule has 13 nitrogen and oxygen atoms in total. The van der Waals surface area contributed by atoms with E-state index in [1.807, 2.05) is 6.92 Å². The zero-order valence-corrected chi connectivity index (χ0v) is 28.3. The van der Waals surface area contributed by atoms with Gasteiger partial charge in [-0.1, -0.05) is 12.1 Å². The molecule has 3 fully saturated rings. The van der Waals surface area contributed by atoms with Gasteiger partial charge in [0.15, 0.2) is 17.9 Å². The van der Waals surface area contributed by atoms with E-state index in [-0.39, 0.29) is 65.0 Å². The molecule has 2 aliphatic carbocycles. The number of aliphatic hydroxyl groups is 1. The highest BCUT2D eigenvalue weighted by Gasteiger charge is 2.55. The van der Waals surface area contributed by atoms with E-state index in [0.29, 0.717) is 6.42 Å². The van der Waals surface area contributed by atoms with Gasteiger partial charge in [0.05, 0.1) is 48.2 Å². The van der Waals surface area contributed by atoms with Crippen LogP contribution in [0.15, 0.2) is 18.2 Å². The maximum absolute atomic E-state index is 14.0. The van der Waals surface area contributed by atoms with Gasteiger partial charge in [-0.2, -0.15) is 0 Å². The number of phenols is 2. The summed E-state index contributed by atoms with van der Waals surface area (Å²) in [4.78, 5) is 43.7. The number of nitrogens with zero attached hydrogens (tertiary/aromatic N) is 1. The first-order valence-electron chi connectivity index (χ1n) is 16.9. The molecule has 0 saturated carbocycles. The normalized spacial score (nSPS) is 32.3. The van der Waals surface area contributed by atoms with Crippen LogP contribution in [-0.2, 0) is 34.9 Å². The molecule has 0 amide bonds. The zero-order valence-electron chi connectivity index (χ0n) is 28.3. The summed E-state index contributed by atoms with van der Waals surface area (Å²) in [7, 11) is 3.04. The number of hydrogen-bond donors (Lipinski definition) is 3. The number of carbonyl (C=O) groups excluding carboxylic acids is 3. The van der Waals surface area contributed by atoms with Crippen LogP contribution in [0, 0.1) is 0 Å². The van der Waals surface area contributed by atoms with Crippen LogP contribution in [0.2, 0.25) is 0 Å². The first-order chi connectivity index (χ1) is 23.4. The highest BCUT2D eigenvalue weighted by Crippen LogP contribution is 2.53. The van der Waals surface area contributed by atoms with Crippen LogP contribution in [-0.4, -0.2) is 114 Å². The minimum atomic E-state index is -2.10. The fourth-order valence-corrected chi connectivity index (χ4v) is 8.31. The van der Waals surface area contributed by atoms with Crippen LogP contribution < -0.4 is 4.74 Å². The topological polar surface area (TPSA) is 171 Å². The van der Waals surface area contributed by atoms with E-state index >= 15 is 0 Å². The molecular weight excluding hydrogens is 638 g/mol. The number of carbonyl (C=O) groups is 3. The molecule has 3 saturated heterocycles. The predicted molar refractivity (Wildman–Crippen MR) is 171 cm³/mol. The molecule has 3 N–H and O–H groups in total. The van der Waals surface area contributed by atoms with E-state index in [2.05, 4.69) is 4.90 Å². The monoisotopic (exact) mass is 681 g/mol. The van der Waals surface area contributed by atoms with Crippen molar-refractivity contribution in [3.63, 3.8) is 0 Å². The third kappa shape index (κ3) is 5.47. The minimum Gasteiger partial charge on any atom is -0.507 e. The number of benzene rings is 2. The Labute approximate surface area is 284 Å². The van der Waals surface area contributed by atoms with E-state index < -0.39 is 77.1 Å². The van der Waals surface area contributed by atoms with E-state index in [0.717, 1.165) is 19.4 Å². The van der Waals surface area contributed by atoms with Gasteiger partial charge in [0, 0.05) is 55.6 Å². The Kier molecular flexibility index (Phi) is 8.83.